The molecule has 0 amide bonds. The summed E-state index contributed by atoms with van der Waals surface area (Å²) < 4.78 is 37.8. The number of carbonyl (C=O) groups excluding carboxylic acids is 1. The van der Waals surface area contributed by atoms with Crippen molar-refractivity contribution in [2.75, 3.05) is 5.75 Å². The summed E-state index contributed by atoms with van der Waals surface area (Å²) in [6.45, 7) is 1.84. The van der Waals surface area contributed by atoms with Crippen LogP contribution in [0.3, 0.4) is 0 Å². The van der Waals surface area contributed by atoms with Crippen molar-refractivity contribution in [3.8, 4) is 0 Å². The fraction of sp³-hybridized carbons (Fsp3) is 0.214. The topological polar surface area (TPSA) is 17.1 Å². The Balaban J connectivity index is 2.67. The average Bonchev–Trinajstić information content (AvgIpc) is 2.37. The Morgan fingerprint density at radius 1 is 1.16 bits per heavy atom. The van der Waals surface area contributed by atoms with Gasteiger partial charge in [-0.25, -0.2) is 0 Å². The Labute approximate surface area is 112 Å². The third kappa shape index (κ3) is 2.76. The van der Waals surface area contributed by atoms with E-state index in [9.17, 15) is 18.0 Å². The zero-order chi connectivity index (χ0) is 14.0. The molecule has 19 heavy (non-hydrogen) atoms. The van der Waals surface area contributed by atoms with Crippen LogP contribution in [0.4, 0.5) is 13.2 Å². The first-order valence-electron chi connectivity index (χ1n) is 5.71. The molecule has 0 heterocycles. The van der Waals surface area contributed by atoms with Gasteiger partial charge >= 0.3 is 6.18 Å². The standard InChI is InChI=1S/C14H11F3OS/c1-2-19-12-10-6-4-3-5-9(10)7-8-11(12)13(18)14(15,16)17/h3-8H,2H2,1H3. The van der Waals surface area contributed by atoms with Crippen molar-refractivity contribution < 1.29 is 18.0 Å². The zero-order valence-corrected chi connectivity index (χ0v) is 10.9. The van der Waals surface area contributed by atoms with Crippen LogP contribution in [0.15, 0.2) is 41.3 Å². The van der Waals surface area contributed by atoms with E-state index in [2.05, 4.69) is 0 Å². The molecule has 1 nitrogen and oxygen atoms in total. The van der Waals surface area contributed by atoms with Gasteiger partial charge in [0.25, 0.3) is 5.78 Å². The van der Waals surface area contributed by atoms with E-state index in [1.165, 1.54) is 17.8 Å². The molecule has 2 aromatic carbocycles. The summed E-state index contributed by atoms with van der Waals surface area (Å²) in [4.78, 5) is 11.9. The second kappa shape index (κ2) is 5.25. The molecule has 0 unspecified atom stereocenters. The number of hydrogen-bond acceptors (Lipinski definition) is 2. The van der Waals surface area contributed by atoms with E-state index < -0.39 is 12.0 Å². The molecule has 0 N–H and O–H groups in total. The van der Waals surface area contributed by atoms with E-state index in [1.54, 1.807) is 18.2 Å². The molecule has 0 saturated heterocycles. The van der Waals surface area contributed by atoms with Crippen LogP contribution < -0.4 is 0 Å². The largest absolute Gasteiger partial charge is 0.454 e. The highest BCUT2D eigenvalue weighted by molar-refractivity contribution is 7.99. The van der Waals surface area contributed by atoms with Crippen molar-refractivity contribution in [2.45, 2.75) is 18.0 Å². The van der Waals surface area contributed by atoms with E-state index in [1.807, 2.05) is 19.1 Å². The number of carbonyl (C=O) groups is 1. The quantitative estimate of drug-likeness (QED) is 0.600. The molecule has 0 aliphatic heterocycles. The average molecular weight is 284 g/mol. The Morgan fingerprint density at radius 3 is 2.47 bits per heavy atom. The molecular formula is C14H11F3OS. The fourth-order valence-corrected chi connectivity index (χ4v) is 2.82. The lowest BCUT2D eigenvalue weighted by Crippen LogP contribution is -2.23. The van der Waals surface area contributed by atoms with Gasteiger partial charge in [0.05, 0.1) is 0 Å². The maximum atomic E-state index is 12.6. The van der Waals surface area contributed by atoms with E-state index in [4.69, 9.17) is 0 Å². The molecule has 2 rings (SSSR count). The zero-order valence-electron chi connectivity index (χ0n) is 10.1. The second-order valence-electron chi connectivity index (χ2n) is 3.92. The van der Waals surface area contributed by atoms with Gasteiger partial charge in [-0.1, -0.05) is 37.3 Å². The number of thioether (sulfide) groups is 1. The molecule has 5 heteroatoms. The number of benzene rings is 2. The number of hydrogen-bond donors (Lipinski definition) is 0. The number of fused-ring (bicyclic) bond motifs is 1. The van der Waals surface area contributed by atoms with Gasteiger partial charge in [0.2, 0.25) is 0 Å². The maximum Gasteiger partial charge on any atom is 0.454 e. The Kier molecular flexibility index (Phi) is 3.85. The predicted octanol–water partition coefficient (Wildman–Crippen LogP) is 4.70. The summed E-state index contributed by atoms with van der Waals surface area (Å²) >= 11 is 1.25. The molecular weight excluding hydrogens is 273 g/mol. The highest BCUT2D eigenvalue weighted by atomic mass is 32.2. The molecule has 0 aliphatic carbocycles. The van der Waals surface area contributed by atoms with Crippen molar-refractivity contribution >= 4 is 28.3 Å². The summed E-state index contributed by atoms with van der Waals surface area (Å²) in [5, 5.41) is 1.52. The van der Waals surface area contributed by atoms with Gasteiger partial charge in [-0.15, -0.1) is 11.8 Å². The maximum absolute atomic E-state index is 12.6. The minimum atomic E-state index is -4.84. The van der Waals surface area contributed by atoms with E-state index in [-0.39, 0.29) is 5.56 Å². The van der Waals surface area contributed by atoms with Crippen LogP contribution in [0.5, 0.6) is 0 Å². The van der Waals surface area contributed by atoms with E-state index >= 15 is 0 Å². The smallest absolute Gasteiger partial charge is 0.284 e. The monoisotopic (exact) mass is 284 g/mol. The lowest BCUT2D eigenvalue weighted by molar-refractivity contribution is -0.0886. The van der Waals surface area contributed by atoms with E-state index in [0.717, 1.165) is 5.39 Å². The van der Waals surface area contributed by atoms with Gasteiger partial charge < -0.3 is 0 Å². The third-order valence-corrected chi connectivity index (χ3v) is 3.69. The lowest BCUT2D eigenvalue weighted by Gasteiger charge is -2.12. The molecule has 100 valence electrons. The highest BCUT2D eigenvalue weighted by Crippen LogP contribution is 2.34. The molecule has 0 aromatic heterocycles. The fourth-order valence-electron chi connectivity index (χ4n) is 1.87. The van der Waals surface area contributed by atoms with Crippen molar-refractivity contribution in [1.29, 1.82) is 0 Å². The Hall–Kier alpha value is -1.49. The predicted molar refractivity (Wildman–Crippen MR) is 70.7 cm³/mol. The summed E-state index contributed by atoms with van der Waals surface area (Å²) in [5.74, 6) is -1.18. The van der Waals surface area contributed by atoms with Crippen LogP contribution in [-0.4, -0.2) is 17.7 Å². The molecule has 0 spiro atoms. The Morgan fingerprint density at radius 2 is 1.84 bits per heavy atom. The molecule has 0 bridgehead atoms. The van der Waals surface area contributed by atoms with Gasteiger partial charge in [-0.05, 0) is 22.6 Å². The Bertz CT molecular complexity index is 620. The van der Waals surface area contributed by atoms with Crippen molar-refractivity contribution in [2.24, 2.45) is 0 Å². The van der Waals surface area contributed by atoms with Gasteiger partial charge in [0, 0.05) is 10.5 Å². The molecule has 2 aromatic rings. The van der Waals surface area contributed by atoms with Crippen LogP contribution in [-0.2, 0) is 0 Å². The third-order valence-electron chi connectivity index (χ3n) is 2.67. The second-order valence-corrected chi connectivity index (χ2v) is 5.20. The summed E-state index contributed by atoms with van der Waals surface area (Å²) in [6, 6.07) is 9.93. The minimum absolute atomic E-state index is 0.266. The van der Waals surface area contributed by atoms with Gasteiger partial charge in [-0.2, -0.15) is 13.2 Å². The summed E-state index contributed by atoms with van der Waals surface area (Å²) in [6.07, 6.45) is -4.84. The van der Waals surface area contributed by atoms with Crippen LogP contribution in [0, 0.1) is 0 Å². The van der Waals surface area contributed by atoms with Crippen LogP contribution in [0.25, 0.3) is 10.8 Å². The number of alkyl halides is 3. The van der Waals surface area contributed by atoms with Gasteiger partial charge in [0.1, 0.15) is 0 Å². The van der Waals surface area contributed by atoms with Gasteiger partial charge in [-0.3, -0.25) is 4.79 Å². The first-order chi connectivity index (χ1) is 8.95. The summed E-state index contributed by atoms with van der Waals surface area (Å²) in [7, 11) is 0. The SMILES string of the molecule is CCSc1c(C(=O)C(F)(F)F)ccc2ccccc12. The van der Waals surface area contributed by atoms with Crippen LogP contribution >= 0.6 is 11.8 Å². The molecule has 0 saturated carbocycles. The van der Waals surface area contributed by atoms with Crippen LogP contribution in [0.2, 0.25) is 0 Å². The number of halogens is 3. The molecule has 0 fully saturated rings. The van der Waals surface area contributed by atoms with Gasteiger partial charge in [0.15, 0.2) is 0 Å². The van der Waals surface area contributed by atoms with Crippen LogP contribution in [0.1, 0.15) is 17.3 Å². The number of rotatable bonds is 3. The normalized spacial score (nSPS) is 11.8. The molecule has 0 aliphatic rings. The molecule has 0 radical (unpaired) electrons. The summed E-state index contributed by atoms with van der Waals surface area (Å²) in [5.41, 5.74) is -0.266. The molecule has 0 atom stereocenters. The first-order valence-corrected chi connectivity index (χ1v) is 6.69. The lowest BCUT2D eigenvalue weighted by atomic mass is 10.0. The minimum Gasteiger partial charge on any atom is -0.284 e. The van der Waals surface area contributed by atoms with Crippen molar-refractivity contribution in [3.63, 3.8) is 0 Å². The van der Waals surface area contributed by atoms with Crippen molar-refractivity contribution in [3.05, 3.63) is 42.0 Å². The number of ketones is 1. The first kappa shape index (κ1) is 13.9. The number of Topliss-reactive ketones (excluding diaryl/α,β-unsaturated/α-hetero) is 1. The highest BCUT2D eigenvalue weighted by Gasteiger charge is 2.40. The van der Waals surface area contributed by atoms with E-state index in [0.29, 0.717) is 16.0 Å². The van der Waals surface area contributed by atoms with Crippen molar-refractivity contribution in [1.82, 2.24) is 0 Å².